The second-order valence-corrected chi connectivity index (χ2v) is 6.42. The van der Waals surface area contributed by atoms with E-state index in [1.54, 1.807) is 18.3 Å². The summed E-state index contributed by atoms with van der Waals surface area (Å²) in [5.41, 5.74) is 10.6. The number of nitrogens with two attached hydrogens (primary N) is 1. The Morgan fingerprint density at radius 2 is 1.93 bits per heavy atom. The first-order valence-corrected chi connectivity index (χ1v) is 8.90. The van der Waals surface area contributed by atoms with Gasteiger partial charge in [-0.2, -0.15) is 0 Å². The number of carbonyl (C=O) groups is 1. The number of hydrogen-bond acceptors (Lipinski definition) is 6. The third-order valence-corrected chi connectivity index (χ3v) is 4.67. The molecule has 6 heteroatoms. The molecule has 0 unspecified atom stereocenters. The average molecular weight is 373 g/mol. The van der Waals surface area contributed by atoms with Crippen LogP contribution >= 0.6 is 0 Å². The Kier molecular flexibility index (Phi) is 4.87. The maximum atomic E-state index is 12.0. The van der Waals surface area contributed by atoms with Crippen molar-refractivity contribution in [1.82, 2.24) is 10.1 Å². The van der Waals surface area contributed by atoms with Gasteiger partial charge in [0.2, 0.25) is 0 Å². The first-order chi connectivity index (χ1) is 13.7. The second-order valence-electron chi connectivity index (χ2n) is 6.42. The number of hydrogen-bond donors (Lipinski definition) is 1. The smallest absolute Gasteiger partial charge is 0.341 e. The van der Waals surface area contributed by atoms with E-state index in [0.29, 0.717) is 23.3 Å². The Hall–Kier alpha value is -3.51. The van der Waals surface area contributed by atoms with Gasteiger partial charge >= 0.3 is 5.97 Å². The quantitative estimate of drug-likeness (QED) is 0.533. The molecule has 4 aromatic rings. The first kappa shape index (κ1) is 17.9. The number of benzene rings is 2. The second kappa shape index (κ2) is 7.62. The maximum absolute atomic E-state index is 12.0. The van der Waals surface area contributed by atoms with Gasteiger partial charge in [0.15, 0.2) is 5.58 Å². The van der Waals surface area contributed by atoms with E-state index in [1.165, 1.54) is 7.11 Å². The van der Waals surface area contributed by atoms with E-state index in [9.17, 15) is 4.79 Å². The molecule has 2 N–H and O–H groups in total. The number of para-hydroxylation sites is 1. The summed E-state index contributed by atoms with van der Waals surface area (Å²) in [6.45, 7) is 0. The number of esters is 1. The van der Waals surface area contributed by atoms with Gasteiger partial charge in [0, 0.05) is 29.9 Å². The van der Waals surface area contributed by atoms with Crippen LogP contribution in [0.25, 0.3) is 22.2 Å². The van der Waals surface area contributed by atoms with Gasteiger partial charge in [0.25, 0.3) is 0 Å². The van der Waals surface area contributed by atoms with Gasteiger partial charge < -0.3 is 15.0 Å². The third-order valence-electron chi connectivity index (χ3n) is 4.67. The molecule has 4 rings (SSSR count). The van der Waals surface area contributed by atoms with Crippen LogP contribution < -0.4 is 5.73 Å². The zero-order chi connectivity index (χ0) is 19.5. The van der Waals surface area contributed by atoms with Crippen LogP contribution in [0, 0.1) is 0 Å². The fraction of sp³-hybridized carbons (Fsp3) is 0.136. The molecule has 0 bridgehead atoms. The molecule has 2 heterocycles. The highest BCUT2D eigenvalue weighted by Crippen LogP contribution is 2.34. The lowest BCUT2D eigenvalue weighted by molar-refractivity contribution is 0.0601. The minimum absolute atomic E-state index is 0.262. The summed E-state index contributed by atoms with van der Waals surface area (Å²) < 4.78 is 10.3. The van der Waals surface area contributed by atoms with Gasteiger partial charge in [-0.1, -0.05) is 41.6 Å². The number of aromatic nitrogens is 2. The van der Waals surface area contributed by atoms with Crippen LogP contribution in [0.2, 0.25) is 0 Å². The Morgan fingerprint density at radius 3 is 2.71 bits per heavy atom. The average Bonchev–Trinajstić information content (AvgIpc) is 3.18. The highest BCUT2D eigenvalue weighted by molar-refractivity contribution is 6.05. The molecule has 0 fully saturated rings. The maximum Gasteiger partial charge on any atom is 0.341 e. The molecule has 0 spiro atoms. The van der Waals surface area contributed by atoms with Crippen LogP contribution in [0.1, 0.15) is 27.7 Å². The van der Waals surface area contributed by atoms with E-state index in [0.717, 1.165) is 22.2 Å². The van der Waals surface area contributed by atoms with E-state index < -0.39 is 5.97 Å². The summed E-state index contributed by atoms with van der Waals surface area (Å²) in [5, 5.41) is 4.98. The molecule has 140 valence electrons. The van der Waals surface area contributed by atoms with Gasteiger partial charge in [0.05, 0.1) is 12.5 Å². The normalized spacial score (nSPS) is 12.1. The number of rotatable bonds is 5. The Balaban J connectivity index is 1.78. The monoisotopic (exact) mass is 373 g/mol. The van der Waals surface area contributed by atoms with E-state index in [1.807, 2.05) is 48.5 Å². The summed E-state index contributed by atoms with van der Waals surface area (Å²) in [7, 11) is 1.34. The predicted molar refractivity (Wildman–Crippen MR) is 106 cm³/mol. The molecule has 6 nitrogen and oxygen atoms in total. The molecule has 0 radical (unpaired) electrons. The molecular weight excluding hydrogens is 354 g/mol. The summed E-state index contributed by atoms with van der Waals surface area (Å²) in [4.78, 5) is 16.4. The topological polar surface area (TPSA) is 91.2 Å². The molecular formula is C22H19N3O3. The fourth-order valence-electron chi connectivity index (χ4n) is 3.32. The largest absolute Gasteiger partial charge is 0.465 e. The highest BCUT2D eigenvalue weighted by atomic mass is 16.5. The lowest BCUT2D eigenvalue weighted by Crippen LogP contribution is -2.15. The number of ether oxygens (including phenoxy) is 1. The molecule has 0 saturated heterocycles. The van der Waals surface area contributed by atoms with Crippen LogP contribution in [-0.2, 0) is 11.2 Å². The van der Waals surface area contributed by atoms with Crippen molar-refractivity contribution in [2.45, 2.75) is 12.5 Å². The number of pyridine rings is 1. The minimum atomic E-state index is -0.464. The molecule has 0 amide bonds. The molecule has 0 aliphatic carbocycles. The molecule has 0 saturated carbocycles. The molecule has 2 aromatic heterocycles. The van der Waals surface area contributed by atoms with Gasteiger partial charge in [-0.25, -0.2) is 4.79 Å². The van der Waals surface area contributed by atoms with Crippen molar-refractivity contribution in [2.24, 2.45) is 5.73 Å². The predicted octanol–water partition coefficient (Wildman–Crippen LogP) is 3.92. The third kappa shape index (κ3) is 3.25. The standard InChI is InChI=1S/C22H19N3O3/c1-27-22(26)18-11-6-10-17-20(25-28-21(17)18)16-9-3-2-8-15(16)19(23)13-14-7-4-5-12-24-14/h2-12,19H,13,23H2,1H3/t19-/m0/s1. The van der Waals surface area contributed by atoms with Crippen molar-refractivity contribution in [3.63, 3.8) is 0 Å². The van der Waals surface area contributed by atoms with E-state index in [2.05, 4.69) is 10.1 Å². The number of carbonyl (C=O) groups excluding carboxylic acids is 1. The summed E-state index contributed by atoms with van der Waals surface area (Å²) in [5.74, 6) is -0.464. The number of nitrogens with zero attached hydrogens (tertiary/aromatic N) is 2. The van der Waals surface area contributed by atoms with Gasteiger partial charge in [-0.3, -0.25) is 4.98 Å². The molecule has 0 aliphatic rings. The molecule has 2 aromatic carbocycles. The van der Waals surface area contributed by atoms with Crippen LogP contribution in [-0.4, -0.2) is 23.2 Å². The van der Waals surface area contributed by atoms with E-state index in [4.69, 9.17) is 15.0 Å². The Morgan fingerprint density at radius 1 is 1.11 bits per heavy atom. The highest BCUT2D eigenvalue weighted by Gasteiger charge is 2.21. The van der Waals surface area contributed by atoms with Crippen molar-refractivity contribution < 1.29 is 14.1 Å². The molecule has 0 aliphatic heterocycles. The molecule has 1 atom stereocenters. The summed E-state index contributed by atoms with van der Waals surface area (Å²) in [6.07, 6.45) is 2.36. The fourth-order valence-corrected chi connectivity index (χ4v) is 3.32. The zero-order valence-corrected chi connectivity index (χ0v) is 15.3. The zero-order valence-electron chi connectivity index (χ0n) is 15.3. The van der Waals surface area contributed by atoms with Crippen molar-refractivity contribution >= 4 is 16.9 Å². The van der Waals surface area contributed by atoms with Gasteiger partial charge in [-0.15, -0.1) is 0 Å². The van der Waals surface area contributed by atoms with Crippen LogP contribution in [0.15, 0.2) is 71.4 Å². The van der Waals surface area contributed by atoms with Crippen LogP contribution in [0.3, 0.4) is 0 Å². The van der Waals surface area contributed by atoms with Crippen molar-refractivity contribution in [2.75, 3.05) is 7.11 Å². The minimum Gasteiger partial charge on any atom is -0.465 e. The SMILES string of the molecule is COC(=O)c1cccc2c(-c3ccccc3[C@@H](N)Cc3ccccn3)noc12. The Labute approximate surface area is 161 Å². The van der Waals surface area contributed by atoms with Crippen molar-refractivity contribution in [3.05, 3.63) is 83.7 Å². The summed E-state index contributed by atoms with van der Waals surface area (Å²) in [6, 6.07) is 18.6. The summed E-state index contributed by atoms with van der Waals surface area (Å²) >= 11 is 0. The number of fused-ring (bicyclic) bond motifs is 1. The van der Waals surface area contributed by atoms with E-state index >= 15 is 0 Å². The Bertz CT molecular complexity index is 1120. The lowest BCUT2D eigenvalue weighted by Gasteiger charge is -2.15. The van der Waals surface area contributed by atoms with Gasteiger partial charge in [0.1, 0.15) is 11.3 Å². The van der Waals surface area contributed by atoms with Crippen LogP contribution in [0.4, 0.5) is 0 Å². The van der Waals surface area contributed by atoms with Crippen molar-refractivity contribution in [1.29, 1.82) is 0 Å². The number of methoxy groups -OCH3 is 1. The lowest BCUT2D eigenvalue weighted by atomic mass is 9.94. The van der Waals surface area contributed by atoms with Gasteiger partial charge in [-0.05, 0) is 29.8 Å². The van der Waals surface area contributed by atoms with Crippen molar-refractivity contribution in [3.8, 4) is 11.3 Å². The molecule has 28 heavy (non-hydrogen) atoms. The van der Waals surface area contributed by atoms with E-state index in [-0.39, 0.29) is 6.04 Å². The first-order valence-electron chi connectivity index (χ1n) is 8.90. The van der Waals surface area contributed by atoms with Crippen LogP contribution in [0.5, 0.6) is 0 Å².